The molecule has 1 amide bonds. The van der Waals surface area contributed by atoms with Crippen LogP contribution in [-0.2, 0) is 20.7 Å². The van der Waals surface area contributed by atoms with Crippen LogP contribution in [-0.4, -0.2) is 49.2 Å². The lowest BCUT2D eigenvalue weighted by molar-refractivity contribution is -0.525. The van der Waals surface area contributed by atoms with Crippen LogP contribution < -0.4 is 21.2 Å². The Morgan fingerprint density at radius 1 is 1.16 bits per heavy atom. The number of nitro groups is 1. The first-order valence-electron chi connectivity index (χ1n) is 12.2. The number of allylic oxidation sites excluding steroid dienone is 3. The van der Waals surface area contributed by atoms with E-state index in [0.29, 0.717) is 19.4 Å². The van der Waals surface area contributed by atoms with Gasteiger partial charge in [0.15, 0.2) is 5.03 Å². The lowest BCUT2D eigenvalue weighted by atomic mass is 10.1. The third kappa shape index (κ3) is 15.0. The molecule has 0 aliphatic carbocycles. The summed E-state index contributed by atoms with van der Waals surface area (Å²) in [6, 6.07) is 6.72. The first-order valence-corrected chi connectivity index (χ1v) is 12.2. The first-order chi connectivity index (χ1) is 17.6. The molecule has 1 atom stereocenters. The Labute approximate surface area is 218 Å². The molecule has 11 nitrogen and oxygen atoms in total. The molecule has 4 N–H and O–H groups in total. The van der Waals surface area contributed by atoms with Gasteiger partial charge in [0.05, 0.1) is 7.11 Å². The van der Waals surface area contributed by atoms with Crippen LogP contribution >= 0.6 is 0 Å². The molecule has 37 heavy (non-hydrogen) atoms. The second-order valence-corrected chi connectivity index (χ2v) is 8.75. The summed E-state index contributed by atoms with van der Waals surface area (Å²) < 4.78 is 10.5. The molecular formula is C26H39N5O6. The van der Waals surface area contributed by atoms with Crippen molar-refractivity contribution in [1.29, 1.82) is 0 Å². The first kappa shape index (κ1) is 31.1. The molecular weight excluding hydrogens is 478 g/mol. The summed E-state index contributed by atoms with van der Waals surface area (Å²) in [6.07, 6.45) is 7.66. The summed E-state index contributed by atoms with van der Waals surface area (Å²) in [5, 5.41) is 12.2. The smallest absolute Gasteiger partial charge is 0.328 e. The van der Waals surface area contributed by atoms with E-state index < -0.39 is 17.0 Å². The largest absolute Gasteiger partial charge is 0.490 e. The number of benzene rings is 1. The van der Waals surface area contributed by atoms with Crippen LogP contribution in [0.15, 0.2) is 52.6 Å². The Morgan fingerprint density at radius 2 is 1.86 bits per heavy atom. The van der Waals surface area contributed by atoms with Gasteiger partial charge >= 0.3 is 5.97 Å². The fraction of sp³-hybridized carbons (Fsp3) is 0.500. The number of methoxy groups -OCH3 is 1. The van der Waals surface area contributed by atoms with Gasteiger partial charge in [-0.25, -0.2) is 19.9 Å². The summed E-state index contributed by atoms with van der Waals surface area (Å²) in [6.45, 7) is 6.94. The van der Waals surface area contributed by atoms with Gasteiger partial charge in [-0.2, -0.15) is 0 Å². The van der Waals surface area contributed by atoms with Gasteiger partial charge in [-0.15, -0.1) is 0 Å². The number of amides is 1. The minimum atomic E-state index is -0.841. The number of hydrazine groups is 1. The number of aliphatic imine (C=N–C) groups is 1. The number of carbonyl (C=O) groups is 2. The zero-order chi connectivity index (χ0) is 27.6. The Balaban J connectivity index is 2.45. The van der Waals surface area contributed by atoms with E-state index >= 15 is 0 Å². The molecule has 0 aliphatic heterocycles. The van der Waals surface area contributed by atoms with Crippen LogP contribution in [0.3, 0.4) is 0 Å². The Kier molecular flexibility index (Phi) is 14.7. The molecule has 0 unspecified atom stereocenters. The highest BCUT2D eigenvalue weighted by atomic mass is 16.7. The third-order valence-electron chi connectivity index (χ3n) is 5.30. The van der Waals surface area contributed by atoms with Crippen LogP contribution in [0.25, 0.3) is 0 Å². The van der Waals surface area contributed by atoms with Crippen molar-refractivity contribution >= 4 is 17.8 Å². The van der Waals surface area contributed by atoms with Gasteiger partial charge in [0.2, 0.25) is 5.91 Å². The fourth-order valence-corrected chi connectivity index (χ4v) is 3.26. The maximum Gasteiger partial charge on any atom is 0.328 e. The number of aryl methyl sites for hydroxylation is 1. The summed E-state index contributed by atoms with van der Waals surface area (Å²) in [7, 11) is 1.24. The highest BCUT2D eigenvalue weighted by Gasteiger charge is 2.21. The van der Waals surface area contributed by atoms with E-state index in [1.54, 1.807) is 5.43 Å². The quantitative estimate of drug-likeness (QED) is 0.0573. The predicted octanol–water partition coefficient (Wildman–Crippen LogP) is 3.22. The minimum absolute atomic E-state index is 0.149. The normalized spacial score (nSPS) is 12.3. The number of nitrogens with one attached hydrogen (secondary N) is 2. The molecule has 11 heteroatoms. The molecule has 0 heterocycles. The zero-order valence-electron chi connectivity index (χ0n) is 22.1. The van der Waals surface area contributed by atoms with Crippen LogP contribution in [0.2, 0.25) is 0 Å². The van der Waals surface area contributed by atoms with Crippen molar-refractivity contribution < 1.29 is 24.1 Å². The number of hydrogen-bond acceptors (Lipinski definition) is 7. The maximum absolute atomic E-state index is 12.4. The Bertz CT molecular complexity index is 968. The average molecular weight is 518 g/mol. The molecule has 0 saturated heterocycles. The number of guanidine groups is 1. The number of carbonyl (C=O) groups excluding carboxylic acids is 2. The van der Waals surface area contributed by atoms with Crippen LogP contribution in [0.1, 0.15) is 58.4 Å². The van der Waals surface area contributed by atoms with Crippen LogP contribution in [0.5, 0.6) is 5.75 Å². The van der Waals surface area contributed by atoms with Gasteiger partial charge in [0.1, 0.15) is 18.4 Å². The molecule has 0 spiro atoms. The van der Waals surface area contributed by atoms with Crippen LogP contribution in [0, 0.1) is 10.1 Å². The van der Waals surface area contributed by atoms with Crippen molar-refractivity contribution in [2.24, 2.45) is 10.7 Å². The maximum atomic E-state index is 12.4. The summed E-state index contributed by atoms with van der Waals surface area (Å²) >= 11 is 0. The number of ether oxygens (including phenoxy) is 2. The van der Waals surface area contributed by atoms with Crippen molar-refractivity contribution in [1.82, 2.24) is 10.7 Å². The number of nitrogens with two attached hydrogens (primary N) is 1. The van der Waals surface area contributed by atoms with Crippen molar-refractivity contribution in [2.45, 2.75) is 65.3 Å². The van der Waals surface area contributed by atoms with Crippen LogP contribution in [0.4, 0.5) is 0 Å². The zero-order valence-corrected chi connectivity index (χ0v) is 22.1. The van der Waals surface area contributed by atoms with E-state index in [1.165, 1.54) is 18.3 Å². The second kappa shape index (κ2) is 17.5. The minimum Gasteiger partial charge on any atom is -0.490 e. The molecule has 0 saturated carbocycles. The Hall–Kier alpha value is -3.89. The van der Waals surface area contributed by atoms with E-state index in [9.17, 15) is 19.7 Å². The van der Waals surface area contributed by atoms with E-state index in [2.05, 4.69) is 43.2 Å². The monoisotopic (exact) mass is 517 g/mol. The molecule has 0 aliphatic rings. The van der Waals surface area contributed by atoms with Gasteiger partial charge in [0.25, 0.3) is 5.96 Å². The Morgan fingerprint density at radius 3 is 2.49 bits per heavy atom. The molecule has 1 aromatic carbocycles. The van der Waals surface area contributed by atoms with Gasteiger partial charge in [-0.05, 0) is 76.6 Å². The second-order valence-electron chi connectivity index (χ2n) is 8.75. The fourth-order valence-electron chi connectivity index (χ4n) is 3.26. The number of nitrogens with zero attached hydrogens (tertiary/aromatic N) is 2. The van der Waals surface area contributed by atoms with Crippen molar-refractivity contribution in [3.63, 3.8) is 0 Å². The van der Waals surface area contributed by atoms with Crippen molar-refractivity contribution in [3.05, 3.63) is 63.2 Å². The summed E-state index contributed by atoms with van der Waals surface area (Å²) in [5.41, 5.74) is 10.7. The summed E-state index contributed by atoms with van der Waals surface area (Å²) in [5.74, 6) is -0.440. The average Bonchev–Trinajstić information content (AvgIpc) is 2.84. The van der Waals surface area contributed by atoms with Crippen molar-refractivity contribution in [2.75, 3.05) is 20.3 Å². The van der Waals surface area contributed by atoms with E-state index in [4.69, 9.17) is 15.2 Å². The molecule has 0 radical (unpaired) electrons. The highest BCUT2D eigenvalue weighted by Crippen LogP contribution is 2.14. The highest BCUT2D eigenvalue weighted by molar-refractivity contribution is 5.84. The molecule has 204 valence electrons. The van der Waals surface area contributed by atoms with Gasteiger partial charge in [-0.3, -0.25) is 4.79 Å². The van der Waals surface area contributed by atoms with Gasteiger partial charge < -0.3 is 20.5 Å². The lowest BCUT2D eigenvalue weighted by Crippen LogP contribution is -2.41. The number of esters is 1. The van der Waals surface area contributed by atoms with E-state index in [1.807, 2.05) is 24.3 Å². The molecule has 0 aromatic heterocycles. The number of hydrogen-bond donors (Lipinski definition) is 3. The summed E-state index contributed by atoms with van der Waals surface area (Å²) in [4.78, 5) is 38.5. The predicted molar refractivity (Wildman–Crippen MR) is 142 cm³/mol. The van der Waals surface area contributed by atoms with E-state index in [-0.39, 0.29) is 31.3 Å². The molecule has 1 rings (SSSR count). The molecule has 0 fully saturated rings. The molecule has 0 bridgehead atoms. The van der Waals surface area contributed by atoms with E-state index in [0.717, 1.165) is 24.2 Å². The molecule has 1 aromatic rings. The number of rotatable bonds is 16. The van der Waals surface area contributed by atoms with Gasteiger partial charge in [-0.1, -0.05) is 34.8 Å². The van der Waals surface area contributed by atoms with Gasteiger partial charge in [0, 0.05) is 13.0 Å². The standard InChI is InChI=1S/C26H39N5O6/c1-19(2)7-5-8-20(3)16-18-37-22-13-10-21(11-14-22)12-15-24(32)29-23(25(33)36-4)9-6-17-28-26(27)30-31(34)35/h7,10-11,13-14,16,23H,5-6,8-9,12,15,17-18H2,1-4H3,(H,29,32)(H3,27,28,30)/b20-16+/t23-/m0/s1. The SMILES string of the molecule is COC(=O)[C@H](CCCN=C(N)N[N+](=O)[O-])NC(=O)CCc1ccc(OC/C=C(\C)CCC=C(C)C)cc1. The third-order valence-corrected chi connectivity index (χ3v) is 5.30. The van der Waals surface area contributed by atoms with Crippen molar-refractivity contribution in [3.8, 4) is 5.75 Å². The topological polar surface area (TPSA) is 158 Å². The lowest BCUT2D eigenvalue weighted by Gasteiger charge is -2.16.